The average Bonchev–Trinajstić information content (AvgIpc) is 2.08. The molecule has 1 rings (SSSR count). The molecule has 0 fully saturated rings. The molecule has 0 saturated carbocycles. The Morgan fingerprint density at radius 2 is 2.25 bits per heavy atom. The molecule has 0 aliphatic rings. The van der Waals surface area contributed by atoms with Gasteiger partial charge in [0.25, 0.3) is 0 Å². The molecule has 0 amide bonds. The summed E-state index contributed by atoms with van der Waals surface area (Å²) in [4.78, 5) is 0. The molecular weight excluding hydrogens is 175 g/mol. The van der Waals surface area contributed by atoms with Crippen LogP contribution in [0.15, 0.2) is 30.9 Å². The maximum absolute atomic E-state index is 12.9. The van der Waals surface area contributed by atoms with Crippen LogP contribution in [0.3, 0.4) is 0 Å². The standard InChI is InChI=1S/C10H10ClF/c1-3-7(2)8-4-5-9(11)10(12)6-8/h3-7H,1H2,2H3. The van der Waals surface area contributed by atoms with Gasteiger partial charge in [0.15, 0.2) is 0 Å². The molecule has 0 heterocycles. The number of hydrogen-bond acceptors (Lipinski definition) is 0. The first-order chi connectivity index (χ1) is 5.65. The van der Waals surface area contributed by atoms with Gasteiger partial charge in [-0.2, -0.15) is 0 Å². The zero-order valence-electron chi connectivity index (χ0n) is 6.85. The number of allylic oxidation sites excluding steroid dienone is 1. The van der Waals surface area contributed by atoms with Crippen LogP contribution in [0.2, 0.25) is 5.02 Å². The van der Waals surface area contributed by atoms with Gasteiger partial charge in [-0.25, -0.2) is 4.39 Å². The fourth-order valence-electron chi connectivity index (χ4n) is 0.932. The Kier molecular flexibility index (Phi) is 2.88. The van der Waals surface area contributed by atoms with E-state index in [0.29, 0.717) is 0 Å². The molecule has 0 spiro atoms. The summed E-state index contributed by atoms with van der Waals surface area (Å²) in [5, 5.41) is 0.162. The minimum Gasteiger partial charge on any atom is -0.205 e. The lowest BCUT2D eigenvalue weighted by Crippen LogP contribution is -1.89. The van der Waals surface area contributed by atoms with Crippen molar-refractivity contribution in [2.75, 3.05) is 0 Å². The lowest BCUT2D eigenvalue weighted by molar-refractivity contribution is 0.625. The molecule has 0 N–H and O–H groups in total. The summed E-state index contributed by atoms with van der Waals surface area (Å²) < 4.78 is 12.9. The highest BCUT2D eigenvalue weighted by Crippen LogP contribution is 2.21. The minimum atomic E-state index is -0.372. The number of halogens is 2. The summed E-state index contributed by atoms with van der Waals surface area (Å²) in [5.41, 5.74) is 0.895. The first-order valence-corrected chi connectivity index (χ1v) is 4.10. The van der Waals surface area contributed by atoms with Gasteiger partial charge in [0.1, 0.15) is 5.82 Å². The lowest BCUT2D eigenvalue weighted by Gasteiger charge is -2.05. The topological polar surface area (TPSA) is 0 Å². The lowest BCUT2D eigenvalue weighted by atomic mass is 10.0. The highest BCUT2D eigenvalue weighted by Gasteiger charge is 2.04. The van der Waals surface area contributed by atoms with Crippen LogP contribution in [0.1, 0.15) is 18.4 Å². The Labute approximate surface area is 76.7 Å². The van der Waals surface area contributed by atoms with Crippen molar-refractivity contribution in [3.63, 3.8) is 0 Å². The normalized spacial score (nSPS) is 12.6. The molecule has 1 unspecified atom stereocenters. The van der Waals surface area contributed by atoms with Crippen LogP contribution in [-0.4, -0.2) is 0 Å². The maximum Gasteiger partial charge on any atom is 0.142 e. The molecule has 0 aliphatic heterocycles. The molecular formula is C10H10ClF. The van der Waals surface area contributed by atoms with Gasteiger partial charge in [0.05, 0.1) is 5.02 Å². The van der Waals surface area contributed by atoms with Gasteiger partial charge in [-0.05, 0) is 23.6 Å². The molecule has 0 radical (unpaired) electrons. The second-order valence-corrected chi connectivity index (χ2v) is 3.11. The number of hydrogen-bond donors (Lipinski definition) is 0. The van der Waals surface area contributed by atoms with Crippen molar-refractivity contribution in [3.05, 3.63) is 47.3 Å². The van der Waals surface area contributed by atoms with Gasteiger partial charge >= 0.3 is 0 Å². The van der Waals surface area contributed by atoms with E-state index in [-0.39, 0.29) is 16.8 Å². The van der Waals surface area contributed by atoms with Crippen molar-refractivity contribution >= 4 is 11.6 Å². The van der Waals surface area contributed by atoms with Crippen LogP contribution in [0.25, 0.3) is 0 Å². The monoisotopic (exact) mass is 184 g/mol. The summed E-state index contributed by atoms with van der Waals surface area (Å²) in [5.74, 6) is -0.209. The predicted octanol–water partition coefficient (Wildman–Crippen LogP) is 3.77. The summed E-state index contributed by atoms with van der Waals surface area (Å²) in [6.45, 7) is 5.59. The fraction of sp³-hybridized carbons (Fsp3) is 0.200. The summed E-state index contributed by atoms with van der Waals surface area (Å²) >= 11 is 5.53. The quantitative estimate of drug-likeness (QED) is 0.614. The Balaban J connectivity index is 3.04. The molecule has 1 aromatic rings. The van der Waals surface area contributed by atoms with E-state index in [1.807, 2.05) is 6.92 Å². The van der Waals surface area contributed by atoms with E-state index >= 15 is 0 Å². The molecule has 64 valence electrons. The average molecular weight is 185 g/mol. The molecule has 1 aromatic carbocycles. The van der Waals surface area contributed by atoms with Crippen LogP contribution in [0, 0.1) is 5.82 Å². The van der Waals surface area contributed by atoms with E-state index in [0.717, 1.165) is 5.56 Å². The van der Waals surface area contributed by atoms with Crippen LogP contribution >= 0.6 is 11.6 Å². The van der Waals surface area contributed by atoms with E-state index in [9.17, 15) is 4.39 Å². The van der Waals surface area contributed by atoms with E-state index < -0.39 is 0 Å². The van der Waals surface area contributed by atoms with Crippen molar-refractivity contribution < 1.29 is 4.39 Å². The third-order valence-corrected chi connectivity index (χ3v) is 2.13. The SMILES string of the molecule is C=CC(C)c1ccc(Cl)c(F)c1. The van der Waals surface area contributed by atoms with E-state index in [1.165, 1.54) is 6.07 Å². The number of benzene rings is 1. The largest absolute Gasteiger partial charge is 0.205 e. The van der Waals surface area contributed by atoms with Crippen LogP contribution in [0.4, 0.5) is 4.39 Å². The first-order valence-electron chi connectivity index (χ1n) is 3.72. The summed E-state index contributed by atoms with van der Waals surface area (Å²) in [7, 11) is 0. The fourth-order valence-corrected chi connectivity index (χ4v) is 1.05. The van der Waals surface area contributed by atoms with E-state index in [2.05, 4.69) is 6.58 Å². The minimum absolute atomic E-state index is 0.162. The molecule has 12 heavy (non-hydrogen) atoms. The maximum atomic E-state index is 12.9. The van der Waals surface area contributed by atoms with Crippen molar-refractivity contribution in [2.24, 2.45) is 0 Å². The zero-order chi connectivity index (χ0) is 9.14. The van der Waals surface area contributed by atoms with Crippen LogP contribution < -0.4 is 0 Å². The van der Waals surface area contributed by atoms with Crippen molar-refractivity contribution in [1.82, 2.24) is 0 Å². The smallest absolute Gasteiger partial charge is 0.142 e. The molecule has 0 aromatic heterocycles. The molecule has 0 bridgehead atoms. The van der Waals surface area contributed by atoms with Crippen molar-refractivity contribution in [1.29, 1.82) is 0 Å². The van der Waals surface area contributed by atoms with Crippen LogP contribution in [0.5, 0.6) is 0 Å². The molecule has 0 aliphatic carbocycles. The predicted molar refractivity (Wildman–Crippen MR) is 50.0 cm³/mol. The molecule has 1 atom stereocenters. The van der Waals surface area contributed by atoms with Crippen molar-refractivity contribution in [2.45, 2.75) is 12.8 Å². The van der Waals surface area contributed by atoms with E-state index in [4.69, 9.17) is 11.6 Å². The van der Waals surface area contributed by atoms with Gasteiger partial charge in [0.2, 0.25) is 0 Å². The second kappa shape index (κ2) is 3.72. The zero-order valence-corrected chi connectivity index (χ0v) is 7.61. The third-order valence-electron chi connectivity index (χ3n) is 1.82. The van der Waals surface area contributed by atoms with Gasteiger partial charge in [-0.15, -0.1) is 6.58 Å². The Hall–Kier alpha value is -0.820. The van der Waals surface area contributed by atoms with Gasteiger partial charge < -0.3 is 0 Å². The molecule has 0 nitrogen and oxygen atoms in total. The van der Waals surface area contributed by atoms with E-state index in [1.54, 1.807) is 18.2 Å². The van der Waals surface area contributed by atoms with Gasteiger partial charge in [-0.3, -0.25) is 0 Å². The second-order valence-electron chi connectivity index (χ2n) is 2.70. The molecule has 2 heteroatoms. The third kappa shape index (κ3) is 1.86. The Morgan fingerprint density at radius 1 is 1.58 bits per heavy atom. The summed E-state index contributed by atoms with van der Waals surface area (Å²) in [6.07, 6.45) is 1.77. The summed E-state index contributed by atoms with van der Waals surface area (Å²) in [6, 6.07) is 4.80. The number of rotatable bonds is 2. The highest BCUT2D eigenvalue weighted by atomic mass is 35.5. The highest BCUT2D eigenvalue weighted by molar-refractivity contribution is 6.30. The van der Waals surface area contributed by atoms with Gasteiger partial charge in [0, 0.05) is 0 Å². The van der Waals surface area contributed by atoms with Crippen molar-refractivity contribution in [3.8, 4) is 0 Å². The Bertz CT molecular complexity index is 294. The Morgan fingerprint density at radius 3 is 2.75 bits per heavy atom. The molecule has 0 saturated heterocycles. The first kappa shape index (κ1) is 9.27. The van der Waals surface area contributed by atoms with Crippen LogP contribution in [-0.2, 0) is 0 Å². The van der Waals surface area contributed by atoms with Gasteiger partial charge in [-0.1, -0.05) is 30.7 Å².